The molecule has 2 N–H and O–H groups in total. The second-order valence-corrected chi connectivity index (χ2v) is 4.87. The number of nitrogens with zero attached hydrogens (tertiary/aromatic N) is 1. The Balaban J connectivity index is 2.10. The van der Waals surface area contributed by atoms with Crippen LogP contribution >= 0.6 is 0 Å². The smallest absolute Gasteiger partial charge is 0.310 e. The van der Waals surface area contributed by atoms with Crippen molar-refractivity contribution >= 4 is 11.7 Å². The molecule has 0 aromatic heterocycles. The maximum atomic E-state index is 11.9. The number of benzene rings is 1. The van der Waals surface area contributed by atoms with E-state index in [1.54, 1.807) is 0 Å². The number of carbonyl (C=O) groups is 1. The molecule has 104 valence electrons. The van der Waals surface area contributed by atoms with Crippen LogP contribution in [0.1, 0.15) is 25.3 Å². The summed E-state index contributed by atoms with van der Waals surface area (Å²) in [6, 6.07) is 8.14. The van der Waals surface area contributed by atoms with Gasteiger partial charge in [0.05, 0.1) is 12.5 Å². The largest absolute Gasteiger partial charge is 0.466 e. The lowest BCUT2D eigenvalue weighted by Crippen LogP contribution is -2.40. The Kier molecular flexibility index (Phi) is 4.80. The molecule has 4 nitrogen and oxygen atoms in total. The average Bonchev–Trinajstić information content (AvgIpc) is 2.47. The average molecular weight is 262 g/mol. The van der Waals surface area contributed by atoms with Crippen molar-refractivity contribution in [1.82, 2.24) is 0 Å². The first-order valence-electron chi connectivity index (χ1n) is 6.95. The fourth-order valence-electron chi connectivity index (χ4n) is 2.64. The van der Waals surface area contributed by atoms with Crippen LogP contribution < -0.4 is 10.6 Å². The lowest BCUT2D eigenvalue weighted by atomic mass is 9.97. The highest BCUT2D eigenvalue weighted by molar-refractivity contribution is 5.73. The van der Waals surface area contributed by atoms with Gasteiger partial charge in [-0.25, -0.2) is 0 Å². The number of rotatable bonds is 4. The van der Waals surface area contributed by atoms with Crippen molar-refractivity contribution in [2.45, 2.75) is 26.3 Å². The van der Waals surface area contributed by atoms with E-state index in [1.165, 1.54) is 0 Å². The van der Waals surface area contributed by atoms with Crippen LogP contribution in [0.15, 0.2) is 24.3 Å². The van der Waals surface area contributed by atoms with E-state index in [9.17, 15) is 4.79 Å². The van der Waals surface area contributed by atoms with E-state index in [1.807, 2.05) is 25.1 Å². The summed E-state index contributed by atoms with van der Waals surface area (Å²) < 4.78 is 5.13. The monoisotopic (exact) mass is 262 g/mol. The molecule has 1 saturated heterocycles. The van der Waals surface area contributed by atoms with Crippen LogP contribution in [0, 0.1) is 5.92 Å². The van der Waals surface area contributed by atoms with Crippen molar-refractivity contribution in [1.29, 1.82) is 0 Å². The van der Waals surface area contributed by atoms with Crippen molar-refractivity contribution in [3.8, 4) is 0 Å². The van der Waals surface area contributed by atoms with E-state index in [2.05, 4.69) is 11.0 Å². The van der Waals surface area contributed by atoms with Crippen LogP contribution in [0.4, 0.5) is 5.69 Å². The number of para-hydroxylation sites is 1. The molecule has 1 aliphatic rings. The molecule has 0 amide bonds. The number of anilines is 1. The summed E-state index contributed by atoms with van der Waals surface area (Å²) in [5.41, 5.74) is 8.06. The zero-order valence-corrected chi connectivity index (χ0v) is 11.5. The lowest BCUT2D eigenvalue weighted by molar-refractivity contribution is -0.148. The van der Waals surface area contributed by atoms with Gasteiger partial charge >= 0.3 is 5.97 Å². The van der Waals surface area contributed by atoms with Gasteiger partial charge in [-0.15, -0.1) is 0 Å². The van der Waals surface area contributed by atoms with Gasteiger partial charge < -0.3 is 15.4 Å². The Morgan fingerprint density at radius 1 is 1.47 bits per heavy atom. The summed E-state index contributed by atoms with van der Waals surface area (Å²) in [6.07, 6.45) is 1.93. The molecule has 4 heteroatoms. The van der Waals surface area contributed by atoms with Gasteiger partial charge in [0.1, 0.15) is 0 Å². The quantitative estimate of drug-likeness (QED) is 0.842. The van der Waals surface area contributed by atoms with Crippen LogP contribution in [0.25, 0.3) is 0 Å². The van der Waals surface area contributed by atoms with Crippen molar-refractivity contribution in [2.75, 3.05) is 24.6 Å². The molecule has 19 heavy (non-hydrogen) atoms. The summed E-state index contributed by atoms with van der Waals surface area (Å²) >= 11 is 0. The Hall–Kier alpha value is -1.55. The Bertz CT molecular complexity index is 434. The molecule has 1 atom stereocenters. The van der Waals surface area contributed by atoms with Gasteiger partial charge in [0.2, 0.25) is 0 Å². The molecule has 1 fully saturated rings. The minimum absolute atomic E-state index is 0.0143. The van der Waals surface area contributed by atoms with E-state index in [0.717, 1.165) is 37.2 Å². The topological polar surface area (TPSA) is 55.6 Å². The number of esters is 1. The third kappa shape index (κ3) is 3.26. The van der Waals surface area contributed by atoms with Gasteiger partial charge in [-0.2, -0.15) is 0 Å². The number of nitrogens with two attached hydrogens (primary N) is 1. The molecule has 1 heterocycles. The van der Waals surface area contributed by atoms with E-state index >= 15 is 0 Å². The summed E-state index contributed by atoms with van der Waals surface area (Å²) in [5.74, 6) is -0.0861. The third-order valence-electron chi connectivity index (χ3n) is 3.59. The van der Waals surface area contributed by atoms with Crippen molar-refractivity contribution in [3.63, 3.8) is 0 Å². The molecule has 1 aliphatic heterocycles. The molecule has 2 rings (SSSR count). The van der Waals surface area contributed by atoms with Gasteiger partial charge in [0.15, 0.2) is 0 Å². The Labute approximate surface area is 114 Å². The Morgan fingerprint density at radius 3 is 3.00 bits per heavy atom. The standard InChI is InChI=1S/C15H22N2O2/c1-2-19-15(18)13-7-5-9-17(11-13)14-8-4-3-6-12(14)10-16/h3-4,6,8,13H,2,5,7,9-11,16H2,1H3. The van der Waals surface area contributed by atoms with Gasteiger partial charge in [0.25, 0.3) is 0 Å². The first-order chi connectivity index (χ1) is 9.26. The number of piperidine rings is 1. The highest BCUT2D eigenvalue weighted by Gasteiger charge is 2.27. The predicted octanol–water partition coefficient (Wildman–Crippen LogP) is 1.92. The molecular weight excluding hydrogens is 240 g/mol. The van der Waals surface area contributed by atoms with Gasteiger partial charge in [-0.05, 0) is 31.4 Å². The van der Waals surface area contributed by atoms with Gasteiger partial charge in [-0.1, -0.05) is 18.2 Å². The summed E-state index contributed by atoms with van der Waals surface area (Å²) in [5, 5.41) is 0. The zero-order valence-electron chi connectivity index (χ0n) is 11.5. The van der Waals surface area contributed by atoms with Gasteiger partial charge in [-0.3, -0.25) is 4.79 Å². The number of ether oxygens (including phenoxy) is 1. The van der Waals surface area contributed by atoms with Crippen molar-refractivity contribution < 1.29 is 9.53 Å². The van der Waals surface area contributed by atoms with Crippen LogP contribution in [0.2, 0.25) is 0 Å². The zero-order chi connectivity index (χ0) is 13.7. The maximum Gasteiger partial charge on any atom is 0.310 e. The number of hydrogen-bond donors (Lipinski definition) is 1. The van der Waals surface area contributed by atoms with Crippen LogP contribution in [0.3, 0.4) is 0 Å². The predicted molar refractivity (Wildman–Crippen MR) is 75.9 cm³/mol. The highest BCUT2D eigenvalue weighted by Crippen LogP contribution is 2.26. The summed E-state index contributed by atoms with van der Waals surface area (Å²) in [4.78, 5) is 14.1. The minimum Gasteiger partial charge on any atom is -0.466 e. The first-order valence-corrected chi connectivity index (χ1v) is 6.95. The Morgan fingerprint density at radius 2 is 2.26 bits per heavy atom. The number of carbonyl (C=O) groups excluding carboxylic acids is 1. The van der Waals surface area contributed by atoms with E-state index < -0.39 is 0 Å². The normalized spacial score (nSPS) is 19.3. The van der Waals surface area contributed by atoms with Crippen LogP contribution in [-0.2, 0) is 16.1 Å². The van der Waals surface area contributed by atoms with E-state index in [4.69, 9.17) is 10.5 Å². The molecule has 0 spiro atoms. The second-order valence-electron chi connectivity index (χ2n) is 4.87. The second kappa shape index (κ2) is 6.57. The van der Waals surface area contributed by atoms with E-state index in [0.29, 0.717) is 13.2 Å². The summed E-state index contributed by atoms with van der Waals surface area (Å²) in [6.45, 7) is 4.54. The summed E-state index contributed by atoms with van der Waals surface area (Å²) in [7, 11) is 0. The van der Waals surface area contributed by atoms with Crippen molar-refractivity contribution in [2.24, 2.45) is 11.7 Å². The van der Waals surface area contributed by atoms with Crippen LogP contribution in [0.5, 0.6) is 0 Å². The fraction of sp³-hybridized carbons (Fsp3) is 0.533. The fourth-order valence-corrected chi connectivity index (χ4v) is 2.64. The van der Waals surface area contributed by atoms with E-state index in [-0.39, 0.29) is 11.9 Å². The molecule has 0 radical (unpaired) electrons. The maximum absolute atomic E-state index is 11.9. The molecule has 1 aromatic carbocycles. The molecule has 1 aromatic rings. The van der Waals surface area contributed by atoms with Crippen molar-refractivity contribution in [3.05, 3.63) is 29.8 Å². The molecule has 0 bridgehead atoms. The molecular formula is C15H22N2O2. The molecule has 0 aliphatic carbocycles. The molecule has 0 saturated carbocycles. The lowest BCUT2D eigenvalue weighted by Gasteiger charge is -2.34. The minimum atomic E-state index is -0.0718. The SMILES string of the molecule is CCOC(=O)C1CCCN(c2ccccc2CN)C1. The van der Waals surface area contributed by atoms with Gasteiger partial charge in [0, 0.05) is 25.3 Å². The third-order valence-corrected chi connectivity index (χ3v) is 3.59. The number of hydrogen-bond acceptors (Lipinski definition) is 4. The van der Waals surface area contributed by atoms with Crippen LogP contribution in [-0.4, -0.2) is 25.7 Å². The molecule has 1 unspecified atom stereocenters. The highest BCUT2D eigenvalue weighted by atomic mass is 16.5. The first kappa shape index (κ1) is 13.9.